The SMILES string of the molecule is CC(=O)Nc1ccc2[nH]c(=O)n(CCCc3ccc(F)cc3)c(=O)c2c1. The number of hydrogen-bond donors (Lipinski definition) is 2. The highest BCUT2D eigenvalue weighted by molar-refractivity contribution is 5.91. The van der Waals surface area contributed by atoms with Gasteiger partial charge in [-0.15, -0.1) is 0 Å². The summed E-state index contributed by atoms with van der Waals surface area (Å²) in [7, 11) is 0. The minimum atomic E-state index is -0.478. The number of anilines is 1. The number of aryl methyl sites for hydroxylation is 1. The summed E-state index contributed by atoms with van der Waals surface area (Å²) in [5.74, 6) is -0.542. The second kappa shape index (κ2) is 7.35. The van der Waals surface area contributed by atoms with Crippen molar-refractivity contribution in [2.24, 2.45) is 0 Å². The average Bonchev–Trinajstić information content (AvgIpc) is 2.59. The molecule has 0 spiro atoms. The van der Waals surface area contributed by atoms with E-state index in [4.69, 9.17) is 0 Å². The summed E-state index contributed by atoms with van der Waals surface area (Å²) >= 11 is 0. The van der Waals surface area contributed by atoms with Gasteiger partial charge in [0.1, 0.15) is 5.82 Å². The molecular formula is C19H18FN3O3. The van der Waals surface area contributed by atoms with Gasteiger partial charge in [0.05, 0.1) is 10.9 Å². The molecule has 2 aromatic carbocycles. The number of nitrogens with one attached hydrogen (secondary N) is 2. The molecule has 0 saturated carbocycles. The summed E-state index contributed by atoms with van der Waals surface area (Å²) in [4.78, 5) is 38.7. The Morgan fingerprint density at radius 3 is 2.58 bits per heavy atom. The van der Waals surface area contributed by atoms with Crippen molar-refractivity contribution < 1.29 is 9.18 Å². The molecule has 0 aliphatic heterocycles. The van der Waals surface area contributed by atoms with Crippen LogP contribution in [0, 0.1) is 5.82 Å². The predicted octanol–water partition coefficient (Wildman–Crippen LogP) is 2.42. The van der Waals surface area contributed by atoms with Gasteiger partial charge in [-0.05, 0) is 48.7 Å². The van der Waals surface area contributed by atoms with Crippen LogP contribution in [-0.2, 0) is 17.8 Å². The number of benzene rings is 2. The van der Waals surface area contributed by atoms with E-state index in [1.165, 1.54) is 19.1 Å². The molecule has 0 aliphatic carbocycles. The van der Waals surface area contributed by atoms with E-state index in [1.807, 2.05) is 0 Å². The molecule has 7 heteroatoms. The zero-order chi connectivity index (χ0) is 18.7. The highest BCUT2D eigenvalue weighted by Crippen LogP contribution is 2.13. The average molecular weight is 355 g/mol. The summed E-state index contributed by atoms with van der Waals surface area (Å²) in [5, 5.41) is 2.95. The number of hydrogen-bond acceptors (Lipinski definition) is 3. The Morgan fingerprint density at radius 2 is 1.88 bits per heavy atom. The minimum absolute atomic E-state index is 0.242. The van der Waals surface area contributed by atoms with Crippen molar-refractivity contribution in [3.63, 3.8) is 0 Å². The molecule has 0 saturated heterocycles. The van der Waals surface area contributed by atoms with Crippen molar-refractivity contribution in [3.8, 4) is 0 Å². The second-order valence-corrected chi connectivity index (χ2v) is 6.06. The fourth-order valence-corrected chi connectivity index (χ4v) is 2.83. The zero-order valence-electron chi connectivity index (χ0n) is 14.2. The molecule has 1 amide bonds. The van der Waals surface area contributed by atoms with Gasteiger partial charge in [-0.25, -0.2) is 9.18 Å². The van der Waals surface area contributed by atoms with Gasteiger partial charge >= 0.3 is 5.69 Å². The lowest BCUT2D eigenvalue weighted by atomic mass is 10.1. The topological polar surface area (TPSA) is 84.0 Å². The largest absolute Gasteiger partial charge is 0.328 e. The van der Waals surface area contributed by atoms with Gasteiger partial charge in [-0.2, -0.15) is 0 Å². The van der Waals surface area contributed by atoms with Crippen LogP contribution in [0.1, 0.15) is 18.9 Å². The number of rotatable bonds is 5. The lowest BCUT2D eigenvalue weighted by molar-refractivity contribution is -0.114. The van der Waals surface area contributed by atoms with Crippen LogP contribution in [0.5, 0.6) is 0 Å². The molecule has 2 N–H and O–H groups in total. The number of carbonyl (C=O) groups is 1. The molecule has 6 nitrogen and oxygen atoms in total. The smallest absolute Gasteiger partial charge is 0.326 e. The third-order valence-corrected chi connectivity index (χ3v) is 4.06. The van der Waals surface area contributed by atoms with Crippen LogP contribution >= 0.6 is 0 Å². The highest BCUT2D eigenvalue weighted by atomic mass is 19.1. The monoisotopic (exact) mass is 355 g/mol. The Labute approximate surface area is 148 Å². The van der Waals surface area contributed by atoms with Gasteiger partial charge in [-0.1, -0.05) is 12.1 Å². The number of H-pyrrole nitrogens is 1. The van der Waals surface area contributed by atoms with Crippen molar-refractivity contribution in [2.45, 2.75) is 26.3 Å². The molecule has 0 bridgehead atoms. The Hall–Kier alpha value is -3.22. The Bertz CT molecular complexity index is 1070. The molecule has 0 aliphatic rings. The summed E-state index contributed by atoms with van der Waals surface area (Å²) in [6, 6.07) is 10.9. The lowest BCUT2D eigenvalue weighted by Gasteiger charge is -2.08. The maximum absolute atomic E-state index is 12.9. The molecule has 134 valence electrons. The van der Waals surface area contributed by atoms with E-state index < -0.39 is 11.2 Å². The number of amides is 1. The standard InChI is InChI=1S/C19H18FN3O3/c1-12(24)21-15-8-9-17-16(11-15)18(25)23(19(26)22-17)10-2-3-13-4-6-14(20)7-5-13/h4-9,11H,2-3,10H2,1H3,(H,21,24)(H,22,26). The molecule has 0 unspecified atom stereocenters. The summed E-state index contributed by atoms with van der Waals surface area (Å²) in [5.41, 5.74) is 0.962. The molecule has 0 atom stereocenters. The van der Waals surface area contributed by atoms with Gasteiger partial charge in [0, 0.05) is 19.2 Å². The third kappa shape index (κ3) is 3.88. The lowest BCUT2D eigenvalue weighted by Crippen LogP contribution is -2.35. The second-order valence-electron chi connectivity index (χ2n) is 6.06. The van der Waals surface area contributed by atoms with Crippen LogP contribution in [0.15, 0.2) is 52.1 Å². The van der Waals surface area contributed by atoms with Gasteiger partial charge in [-0.3, -0.25) is 14.2 Å². The predicted molar refractivity (Wildman–Crippen MR) is 97.9 cm³/mol. The quantitative estimate of drug-likeness (QED) is 0.737. The Kier molecular flexibility index (Phi) is 4.97. The first kappa shape index (κ1) is 17.6. The van der Waals surface area contributed by atoms with E-state index in [0.717, 1.165) is 10.1 Å². The number of carbonyl (C=O) groups excluding carboxylic acids is 1. The van der Waals surface area contributed by atoms with Gasteiger partial charge in [0.15, 0.2) is 0 Å². The first-order valence-corrected chi connectivity index (χ1v) is 8.23. The molecule has 3 rings (SSSR count). The van der Waals surface area contributed by atoms with Crippen molar-refractivity contribution in [2.75, 3.05) is 5.32 Å². The van der Waals surface area contributed by atoms with Crippen LogP contribution < -0.4 is 16.6 Å². The normalized spacial score (nSPS) is 10.8. The summed E-state index contributed by atoms with van der Waals surface area (Å²) in [6.45, 7) is 1.62. The molecule has 0 fully saturated rings. The Balaban J connectivity index is 1.85. The minimum Gasteiger partial charge on any atom is -0.326 e. The Morgan fingerprint density at radius 1 is 1.15 bits per heavy atom. The molecule has 26 heavy (non-hydrogen) atoms. The zero-order valence-corrected chi connectivity index (χ0v) is 14.2. The summed E-state index contributed by atoms with van der Waals surface area (Å²) < 4.78 is 14.1. The van der Waals surface area contributed by atoms with E-state index in [0.29, 0.717) is 29.4 Å². The fourth-order valence-electron chi connectivity index (χ4n) is 2.83. The number of halogens is 1. The summed E-state index contributed by atoms with van der Waals surface area (Å²) in [6.07, 6.45) is 1.18. The van der Waals surface area contributed by atoms with Gasteiger partial charge < -0.3 is 10.3 Å². The molecule has 1 aromatic heterocycles. The van der Waals surface area contributed by atoms with Crippen LogP contribution in [-0.4, -0.2) is 15.5 Å². The molecule has 0 radical (unpaired) electrons. The van der Waals surface area contributed by atoms with E-state index in [9.17, 15) is 18.8 Å². The number of aromatic nitrogens is 2. The number of nitrogens with zero attached hydrogens (tertiary/aromatic N) is 1. The van der Waals surface area contributed by atoms with E-state index in [2.05, 4.69) is 10.3 Å². The molecule has 3 aromatic rings. The number of aromatic amines is 1. The fraction of sp³-hybridized carbons (Fsp3) is 0.211. The highest BCUT2D eigenvalue weighted by Gasteiger charge is 2.09. The van der Waals surface area contributed by atoms with Crippen molar-refractivity contribution in [1.82, 2.24) is 9.55 Å². The van der Waals surface area contributed by atoms with Gasteiger partial charge in [0.2, 0.25) is 5.91 Å². The van der Waals surface area contributed by atoms with Crippen molar-refractivity contribution in [1.29, 1.82) is 0 Å². The first-order chi connectivity index (χ1) is 12.4. The third-order valence-electron chi connectivity index (χ3n) is 4.06. The number of fused-ring (bicyclic) bond motifs is 1. The van der Waals surface area contributed by atoms with Crippen LogP contribution in [0.2, 0.25) is 0 Å². The molecule has 1 heterocycles. The maximum atomic E-state index is 12.9. The van der Waals surface area contributed by atoms with Crippen molar-refractivity contribution in [3.05, 3.63) is 74.7 Å². The molecular weight excluding hydrogens is 337 g/mol. The van der Waals surface area contributed by atoms with E-state index in [1.54, 1.807) is 30.3 Å². The van der Waals surface area contributed by atoms with E-state index >= 15 is 0 Å². The van der Waals surface area contributed by atoms with Crippen molar-refractivity contribution >= 4 is 22.5 Å². The van der Waals surface area contributed by atoms with Crippen LogP contribution in [0.25, 0.3) is 10.9 Å². The maximum Gasteiger partial charge on any atom is 0.328 e. The van der Waals surface area contributed by atoms with Crippen LogP contribution in [0.4, 0.5) is 10.1 Å². The first-order valence-electron chi connectivity index (χ1n) is 8.23. The van der Waals surface area contributed by atoms with Gasteiger partial charge in [0.25, 0.3) is 5.56 Å². The van der Waals surface area contributed by atoms with E-state index in [-0.39, 0.29) is 18.3 Å². The van der Waals surface area contributed by atoms with Crippen LogP contribution in [0.3, 0.4) is 0 Å².